The first kappa shape index (κ1) is 19.9. The molecular weight excluding hydrogens is 350 g/mol. The highest BCUT2D eigenvalue weighted by Crippen LogP contribution is 2.24. The van der Waals surface area contributed by atoms with Crippen molar-refractivity contribution >= 4 is 28.9 Å². The molecule has 2 aromatic carbocycles. The summed E-state index contributed by atoms with van der Waals surface area (Å²) in [6, 6.07) is 17.6. The fourth-order valence-corrected chi connectivity index (χ4v) is 3.71. The molecule has 0 aliphatic carbocycles. The van der Waals surface area contributed by atoms with Gasteiger partial charge in [0.05, 0.1) is 0 Å². The van der Waals surface area contributed by atoms with Crippen LogP contribution in [0.25, 0.3) is 0 Å². The highest BCUT2D eigenvalue weighted by molar-refractivity contribution is 6.03. The Balaban J connectivity index is 1.74. The number of anilines is 3. The summed E-state index contributed by atoms with van der Waals surface area (Å²) < 4.78 is 0. The van der Waals surface area contributed by atoms with Crippen molar-refractivity contribution in [2.75, 3.05) is 40.9 Å². The topological polar surface area (TPSA) is 43.9 Å². The van der Waals surface area contributed by atoms with E-state index in [2.05, 4.69) is 17.0 Å². The second-order valence-electron chi connectivity index (χ2n) is 7.14. The average Bonchev–Trinajstić information content (AvgIpc) is 2.74. The molecule has 3 rings (SSSR count). The number of para-hydroxylation sites is 1. The molecule has 0 saturated carbocycles. The van der Waals surface area contributed by atoms with E-state index in [1.54, 1.807) is 9.80 Å². The van der Waals surface area contributed by atoms with E-state index in [1.807, 2.05) is 49.4 Å². The Bertz CT molecular complexity index is 783. The summed E-state index contributed by atoms with van der Waals surface area (Å²) in [7, 11) is 0. The van der Waals surface area contributed by atoms with Crippen LogP contribution < -0.4 is 14.7 Å². The summed E-state index contributed by atoms with van der Waals surface area (Å²) in [6.45, 7) is 6.19. The van der Waals surface area contributed by atoms with Gasteiger partial charge in [-0.25, -0.2) is 0 Å². The molecular formula is C23H29N3O2. The summed E-state index contributed by atoms with van der Waals surface area (Å²) in [4.78, 5) is 30.8. The smallest absolute Gasteiger partial charge is 0.247 e. The molecule has 0 spiro atoms. The minimum Gasteiger partial charge on any atom is -0.372 e. The molecule has 1 saturated heterocycles. The molecule has 0 aromatic heterocycles. The van der Waals surface area contributed by atoms with Crippen LogP contribution in [0.4, 0.5) is 17.1 Å². The van der Waals surface area contributed by atoms with Gasteiger partial charge in [-0.15, -0.1) is 0 Å². The Labute approximate surface area is 167 Å². The van der Waals surface area contributed by atoms with Crippen LogP contribution in [0.2, 0.25) is 0 Å². The normalized spacial score (nSPS) is 13.9. The van der Waals surface area contributed by atoms with E-state index in [0.717, 1.165) is 24.5 Å². The van der Waals surface area contributed by atoms with Gasteiger partial charge in [0.2, 0.25) is 11.8 Å². The third-order valence-electron chi connectivity index (χ3n) is 5.24. The van der Waals surface area contributed by atoms with Crippen molar-refractivity contribution in [3.63, 3.8) is 0 Å². The molecule has 0 radical (unpaired) electrons. The van der Waals surface area contributed by atoms with Crippen molar-refractivity contribution in [2.45, 2.75) is 33.1 Å². The standard InChI is InChI=1S/C23H29N3O2/c1-3-25(21-10-6-4-7-11-21)23(28)18-26(19(2)27)22-14-12-20(13-15-22)24-16-8-5-9-17-24/h4,6-7,10-15H,3,5,8-9,16-18H2,1-2H3. The highest BCUT2D eigenvalue weighted by Gasteiger charge is 2.21. The molecule has 1 aliphatic rings. The first-order chi connectivity index (χ1) is 13.6. The maximum atomic E-state index is 12.9. The van der Waals surface area contributed by atoms with Gasteiger partial charge in [0.1, 0.15) is 6.54 Å². The van der Waals surface area contributed by atoms with Gasteiger partial charge >= 0.3 is 0 Å². The van der Waals surface area contributed by atoms with Crippen LogP contribution in [0, 0.1) is 0 Å². The number of nitrogens with zero attached hydrogens (tertiary/aromatic N) is 3. The second-order valence-corrected chi connectivity index (χ2v) is 7.14. The van der Waals surface area contributed by atoms with Gasteiger partial charge in [0, 0.05) is 43.6 Å². The predicted octanol–water partition coefficient (Wildman–Crippen LogP) is 4.08. The first-order valence-electron chi connectivity index (χ1n) is 10.1. The zero-order valence-corrected chi connectivity index (χ0v) is 16.8. The number of likely N-dealkylation sites (N-methyl/N-ethyl adjacent to an activating group) is 1. The van der Waals surface area contributed by atoms with Crippen LogP contribution in [0.5, 0.6) is 0 Å². The van der Waals surface area contributed by atoms with Crippen molar-refractivity contribution in [1.82, 2.24) is 0 Å². The van der Waals surface area contributed by atoms with Crippen LogP contribution in [0.3, 0.4) is 0 Å². The monoisotopic (exact) mass is 379 g/mol. The zero-order valence-electron chi connectivity index (χ0n) is 16.8. The Morgan fingerprint density at radius 1 is 0.857 bits per heavy atom. The van der Waals surface area contributed by atoms with Crippen molar-refractivity contribution in [3.05, 3.63) is 54.6 Å². The Hall–Kier alpha value is -2.82. The number of benzene rings is 2. The Morgan fingerprint density at radius 2 is 1.46 bits per heavy atom. The molecule has 148 valence electrons. The van der Waals surface area contributed by atoms with Gasteiger partial charge in [0.25, 0.3) is 0 Å². The van der Waals surface area contributed by atoms with Gasteiger partial charge in [-0.05, 0) is 62.6 Å². The molecule has 0 N–H and O–H groups in total. The molecule has 1 aliphatic heterocycles. The Kier molecular flexibility index (Phi) is 6.69. The molecule has 1 heterocycles. The molecule has 28 heavy (non-hydrogen) atoms. The van der Waals surface area contributed by atoms with Gasteiger partial charge in [0.15, 0.2) is 0 Å². The van der Waals surface area contributed by atoms with Gasteiger partial charge < -0.3 is 14.7 Å². The van der Waals surface area contributed by atoms with Gasteiger partial charge in [-0.1, -0.05) is 18.2 Å². The zero-order chi connectivity index (χ0) is 19.9. The minimum absolute atomic E-state index is 0.0289. The number of amides is 2. The molecule has 2 amide bonds. The van der Waals surface area contributed by atoms with E-state index in [9.17, 15) is 9.59 Å². The number of carbonyl (C=O) groups excluding carboxylic acids is 2. The van der Waals surface area contributed by atoms with E-state index in [4.69, 9.17) is 0 Å². The third-order valence-corrected chi connectivity index (χ3v) is 5.24. The van der Waals surface area contributed by atoms with Crippen molar-refractivity contribution < 1.29 is 9.59 Å². The van der Waals surface area contributed by atoms with Crippen LogP contribution in [-0.2, 0) is 9.59 Å². The average molecular weight is 380 g/mol. The molecule has 2 aromatic rings. The Morgan fingerprint density at radius 3 is 2.04 bits per heavy atom. The van der Waals surface area contributed by atoms with E-state index in [1.165, 1.54) is 31.9 Å². The number of piperidine rings is 1. The van der Waals surface area contributed by atoms with Crippen molar-refractivity contribution in [2.24, 2.45) is 0 Å². The molecule has 5 nitrogen and oxygen atoms in total. The number of rotatable bonds is 6. The SMILES string of the molecule is CCN(C(=O)CN(C(C)=O)c1ccc(N2CCCCC2)cc1)c1ccccc1. The summed E-state index contributed by atoms with van der Waals surface area (Å²) in [5, 5.41) is 0. The summed E-state index contributed by atoms with van der Waals surface area (Å²) >= 11 is 0. The van der Waals surface area contributed by atoms with E-state index in [0.29, 0.717) is 6.54 Å². The number of carbonyl (C=O) groups is 2. The van der Waals surface area contributed by atoms with E-state index >= 15 is 0 Å². The van der Waals surface area contributed by atoms with Crippen LogP contribution in [0.1, 0.15) is 33.1 Å². The first-order valence-corrected chi connectivity index (χ1v) is 10.1. The third kappa shape index (κ3) is 4.71. The van der Waals surface area contributed by atoms with E-state index in [-0.39, 0.29) is 18.4 Å². The van der Waals surface area contributed by atoms with Crippen LogP contribution in [0.15, 0.2) is 54.6 Å². The molecule has 0 unspecified atom stereocenters. The molecule has 1 fully saturated rings. The van der Waals surface area contributed by atoms with E-state index < -0.39 is 0 Å². The summed E-state index contributed by atoms with van der Waals surface area (Å²) in [5.74, 6) is -0.229. The molecule has 0 atom stereocenters. The maximum absolute atomic E-state index is 12.9. The van der Waals surface area contributed by atoms with Gasteiger partial charge in [-0.3, -0.25) is 9.59 Å². The fraction of sp³-hybridized carbons (Fsp3) is 0.391. The largest absolute Gasteiger partial charge is 0.372 e. The molecule has 0 bridgehead atoms. The van der Waals surface area contributed by atoms with Crippen LogP contribution in [-0.4, -0.2) is 38.0 Å². The highest BCUT2D eigenvalue weighted by atomic mass is 16.2. The maximum Gasteiger partial charge on any atom is 0.247 e. The van der Waals surface area contributed by atoms with Crippen molar-refractivity contribution in [3.8, 4) is 0 Å². The number of hydrogen-bond donors (Lipinski definition) is 0. The molecule has 5 heteroatoms. The summed E-state index contributed by atoms with van der Waals surface area (Å²) in [6.07, 6.45) is 3.74. The predicted molar refractivity (Wildman–Crippen MR) is 115 cm³/mol. The van der Waals surface area contributed by atoms with Crippen molar-refractivity contribution in [1.29, 1.82) is 0 Å². The lowest BCUT2D eigenvalue weighted by molar-refractivity contribution is -0.121. The lowest BCUT2D eigenvalue weighted by Gasteiger charge is -2.30. The number of hydrogen-bond acceptors (Lipinski definition) is 3. The summed E-state index contributed by atoms with van der Waals surface area (Å²) in [5.41, 5.74) is 2.78. The fourth-order valence-electron chi connectivity index (χ4n) is 3.71. The van der Waals surface area contributed by atoms with Gasteiger partial charge in [-0.2, -0.15) is 0 Å². The van der Waals surface area contributed by atoms with Crippen LogP contribution >= 0.6 is 0 Å². The minimum atomic E-state index is -0.136. The lowest BCUT2D eigenvalue weighted by atomic mass is 10.1. The quantitative estimate of drug-likeness (QED) is 0.759. The lowest BCUT2D eigenvalue weighted by Crippen LogP contribution is -2.42. The second kappa shape index (κ2) is 9.40.